The van der Waals surface area contributed by atoms with E-state index in [1.165, 1.54) is 31.4 Å². The molecule has 1 saturated carbocycles. The zero-order valence-corrected chi connectivity index (χ0v) is 9.25. The molecule has 0 spiro atoms. The van der Waals surface area contributed by atoms with Gasteiger partial charge < -0.3 is 9.73 Å². The van der Waals surface area contributed by atoms with Crippen molar-refractivity contribution in [2.45, 2.75) is 44.4 Å². The molecule has 3 heteroatoms. The highest BCUT2D eigenvalue weighted by Gasteiger charge is 2.28. The lowest BCUT2D eigenvalue weighted by atomic mass is 9.82. The summed E-state index contributed by atoms with van der Waals surface area (Å²) in [4.78, 5) is 4.71. The summed E-state index contributed by atoms with van der Waals surface area (Å²) >= 11 is 0. The number of hydrogen-bond donors (Lipinski definition) is 1. The highest BCUT2D eigenvalue weighted by atomic mass is 16.4. The van der Waals surface area contributed by atoms with Gasteiger partial charge in [-0.15, -0.1) is 0 Å². The van der Waals surface area contributed by atoms with E-state index in [-0.39, 0.29) is 0 Å². The van der Waals surface area contributed by atoms with Crippen LogP contribution in [0.4, 0.5) is 0 Å². The van der Waals surface area contributed by atoms with Gasteiger partial charge in [0.2, 0.25) is 0 Å². The lowest BCUT2D eigenvalue weighted by Gasteiger charge is -2.23. The smallest absolute Gasteiger partial charge is 0.199 e. The number of nitrogens with one attached hydrogen (secondary N) is 1. The molecule has 1 N–H and O–H groups in total. The fourth-order valence-corrected chi connectivity index (χ4v) is 2.53. The van der Waals surface area contributed by atoms with Gasteiger partial charge in [0.05, 0.1) is 5.69 Å². The minimum Gasteiger partial charge on any atom is -0.445 e. The Morgan fingerprint density at radius 2 is 2.13 bits per heavy atom. The van der Waals surface area contributed by atoms with E-state index in [9.17, 15) is 0 Å². The van der Waals surface area contributed by atoms with E-state index >= 15 is 0 Å². The zero-order valence-electron chi connectivity index (χ0n) is 9.25. The van der Waals surface area contributed by atoms with E-state index in [1.54, 1.807) is 0 Å². The molecule has 1 aliphatic carbocycles. The van der Waals surface area contributed by atoms with Crippen molar-refractivity contribution in [2.75, 3.05) is 13.1 Å². The molecule has 0 amide bonds. The third-order valence-corrected chi connectivity index (χ3v) is 3.75. The zero-order chi connectivity index (χ0) is 10.3. The van der Waals surface area contributed by atoms with Crippen LogP contribution >= 0.6 is 0 Å². The van der Waals surface area contributed by atoms with Crippen LogP contribution in [-0.2, 0) is 0 Å². The van der Waals surface area contributed by atoms with Crippen molar-refractivity contribution in [3.8, 4) is 0 Å². The Morgan fingerprint density at radius 3 is 2.73 bits per heavy atom. The fourth-order valence-electron chi connectivity index (χ4n) is 2.53. The fraction of sp³-hybridized carbons (Fsp3) is 0.750. The molecule has 1 unspecified atom stereocenters. The summed E-state index contributed by atoms with van der Waals surface area (Å²) in [6, 6.07) is 0. The van der Waals surface area contributed by atoms with Crippen LogP contribution in [-0.4, -0.2) is 18.1 Å². The largest absolute Gasteiger partial charge is 0.445 e. The van der Waals surface area contributed by atoms with Crippen LogP contribution < -0.4 is 5.32 Å². The third kappa shape index (κ3) is 1.59. The Bertz CT molecular complexity index is 349. The first kappa shape index (κ1) is 9.40. The molecule has 2 fully saturated rings. The van der Waals surface area contributed by atoms with Crippen LogP contribution in [0.2, 0.25) is 0 Å². The maximum atomic E-state index is 5.80. The molecule has 2 heterocycles. The first-order valence-corrected chi connectivity index (χ1v) is 6.02. The third-order valence-electron chi connectivity index (χ3n) is 3.75. The summed E-state index contributed by atoms with van der Waals surface area (Å²) in [5, 5.41) is 3.36. The van der Waals surface area contributed by atoms with Gasteiger partial charge in [-0.05, 0) is 32.7 Å². The number of aromatic nitrogens is 1. The maximum absolute atomic E-state index is 5.80. The van der Waals surface area contributed by atoms with Crippen molar-refractivity contribution in [1.82, 2.24) is 10.3 Å². The molecule has 0 bridgehead atoms. The van der Waals surface area contributed by atoms with Crippen LogP contribution in [0.3, 0.4) is 0 Å². The van der Waals surface area contributed by atoms with Gasteiger partial charge in [-0.1, -0.05) is 6.42 Å². The Morgan fingerprint density at radius 1 is 1.27 bits per heavy atom. The molecule has 1 aromatic heterocycles. The number of hydrogen-bond acceptors (Lipinski definition) is 3. The van der Waals surface area contributed by atoms with Crippen molar-refractivity contribution >= 4 is 0 Å². The second-order valence-electron chi connectivity index (χ2n) is 4.81. The van der Waals surface area contributed by atoms with E-state index in [4.69, 9.17) is 9.40 Å². The van der Waals surface area contributed by atoms with E-state index in [0.29, 0.717) is 11.8 Å². The molecule has 15 heavy (non-hydrogen) atoms. The predicted molar refractivity (Wildman–Crippen MR) is 58.1 cm³/mol. The average Bonchev–Trinajstić information content (AvgIpc) is 2.72. The normalized spacial score (nSPS) is 26.9. The second-order valence-corrected chi connectivity index (χ2v) is 4.81. The average molecular weight is 206 g/mol. The molecule has 3 nitrogen and oxygen atoms in total. The van der Waals surface area contributed by atoms with Gasteiger partial charge in [0.25, 0.3) is 0 Å². The van der Waals surface area contributed by atoms with Gasteiger partial charge in [-0.25, -0.2) is 4.98 Å². The Labute approximate surface area is 90.3 Å². The van der Waals surface area contributed by atoms with Crippen molar-refractivity contribution < 1.29 is 4.42 Å². The monoisotopic (exact) mass is 206 g/mol. The van der Waals surface area contributed by atoms with E-state index in [1.807, 2.05) is 0 Å². The van der Waals surface area contributed by atoms with Gasteiger partial charge in [0.1, 0.15) is 5.76 Å². The molecular formula is C12H18N2O. The lowest BCUT2D eigenvalue weighted by molar-refractivity contribution is 0.403. The van der Waals surface area contributed by atoms with Gasteiger partial charge >= 0.3 is 0 Å². The molecule has 0 aromatic carbocycles. The highest BCUT2D eigenvalue weighted by Crippen LogP contribution is 2.38. The van der Waals surface area contributed by atoms with Crippen LogP contribution in [0.5, 0.6) is 0 Å². The Balaban J connectivity index is 1.83. The SMILES string of the molecule is Cc1oc(C2CCNC2)nc1C1CCC1. The minimum atomic E-state index is 0.512. The molecule has 3 rings (SSSR count). The molecule has 1 atom stereocenters. The first-order chi connectivity index (χ1) is 7.34. The summed E-state index contributed by atoms with van der Waals surface area (Å²) in [6.07, 6.45) is 5.13. The topological polar surface area (TPSA) is 38.1 Å². The number of nitrogens with zero attached hydrogens (tertiary/aromatic N) is 1. The summed E-state index contributed by atoms with van der Waals surface area (Å²) < 4.78 is 5.80. The highest BCUT2D eigenvalue weighted by molar-refractivity contribution is 5.18. The lowest BCUT2D eigenvalue weighted by Crippen LogP contribution is -2.11. The summed E-state index contributed by atoms with van der Waals surface area (Å²) in [5.74, 6) is 3.23. The second kappa shape index (κ2) is 3.63. The molecule has 82 valence electrons. The van der Waals surface area contributed by atoms with Gasteiger partial charge in [-0.2, -0.15) is 0 Å². The maximum Gasteiger partial charge on any atom is 0.199 e. The summed E-state index contributed by atoms with van der Waals surface area (Å²) in [6.45, 7) is 4.20. The molecule has 0 radical (unpaired) electrons. The van der Waals surface area contributed by atoms with E-state index in [0.717, 1.165) is 24.7 Å². The van der Waals surface area contributed by atoms with Gasteiger partial charge in [0.15, 0.2) is 5.89 Å². The van der Waals surface area contributed by atoms with Crippen molar-refractivity contribution in [2.24, 2.45) is 0 Å². The number of aryl methyl sites for hydroxylation is 1. The molecule has 1 saturated heterocycles. The Hall–Kier alpha value is -0.830. The Kier molecular flexibility index (Phi) is 2.28. The standard InChI is InChI=1S/C12H18N2O/c1-8-11(9-3-2-4-9)14-12(15-8)10-5-6-13-7-10/h9-10,13H,2-7H2,1H3. The van der Waals surface area contributed by atoms with Crippen LogP contribution in [0.1, 0.15) is 54.9 Å². The van der Waals surface area contributed by atoms with Crippen LogP contribution in [0, 0.1) is 6.92 Å². The van der Waals surface area contributed by atoms with Crippen LogP contribution in [0.25, 0.3) is 0 Å². The first-order valence-electron chi connectivity index (χ1n) is 6.02. The predicted octanol–water partition coefficient (Wildman–Crippen LogP) is 2.33. The van der Waals surface area contributed by atoms with Crippen molar-refractivity contribution in [3.05, 3.63) is 17.3 Å². The molecule has 1 aliphatic heterocycles. The molecular weight excluding hydrogens is 188 g/mol. The summed E-state index contributed by atoms with van der Waals surface area (Å²) in [7, 11) is 0. The van der Waals surface area contributed by atoms with E-state index < -0.39 is 0 Å². The van der Waals surface area contributed by atoms with Crippen molar-refractivity contribution in [1.29, 1.82) is 0 Å². The van der Waals surface area contributed by atoms with Crippen molar-refractivity contribution in [3.63, 3.8) is 0 Å². The number of oxazole rings is 1. The van der Waals surface area contributed by atoms with Gasteiger partial charge in [0, 0.05) is 18.4 Å². The van der Waals surface area contributed by atoms with E-state index in [2.05, 4.69) is 12.2 Å². The summed E-state index contributed by atoms with van der Waals surface area (Å²) in [5.41, 5.74) is 1.24. The quantitative estimate of drug-likeness (QED) is 0.807. The van der Waals surface area contributed by atoms with Crippen LogP contribution in [0.15, 0.2) is 4.42 Å². The molecule has 2 aliphatic rings. The minimum absolute atomic E-state index is 0.512. The number of rotatable bonds is 2. The van der Waals surface area contributed by atoms with Gasteiger partial charge in [-0.3, -0.25) is 0 Å². The molecule has 1 aromatic rings.